The Bertz CT molecular complexity index is 1060. The van der Waals surface area contributed by atoms with Crippen molar-refractivity contribution in [2.24, 2.45) is 0 Å². The SMILES string of the molecule is O=c1c2c3c(sc2ncn1CCCOc1ccc([N+](=O)[O-])cc1)CCCCC3. The third-order valence-corrected chi connectivity index (χ3v) is 6.25. The fourth-order valence-electron chi connectivity index (χ4n) is 3.61. The van der Waals surface area contributed by atoms with Gasteiger partial charge in [0.2, 0.25) is 0 Å². The second-order valence-electron chi connectivity index (χ2n) is 6.94. The number of fused-ring (bicyclic) bond motifs is 3. The molecule has 3 aromatic rings. The van der Waals surface area contributed by atoms with Crippen molar-refractivity contribution in [2.45, 2.75) is 45.1 Å². The lowest BCUT2D eigenvalue weighted by Gasteiger charge is -2.08. The number of nitrogens with zero attached hydrogens (tertiary/aromatic N) is 3. The van der Waals surface area contributed by atoms with Crippen LogP contribution in [0.3, 0.4) is 0 Å². The highest BCUT2D eigenvalue weighted by Crippen LogP contribution is 2.32. The highest BCUT2D eigenvalue weighted by Gasteiger charge is 2.19. The van der Waals surface area contributed by atoms with Crippen molar-refractivity contribution in [3.8, 4) is 5.75 Å². The van der Waals surface area contributed by atoms with Crippen LogP contribution in [-0.2, 0) is 19.4 Å². The molecule has 0 saturated heterocycles. The molecule has 146 valence electrons. The number of nitro benzene ring substituents is 1. The molecule has 0 amide bonds. The van der Waals surface area contributed by atoms with Crippen molar-refractivity contribution in [1.29, 1.82) is 0 Å². The summed E-state index contributed by atoms with van der Waals surface area (Å²) in [6.07, 6.45) is 7.85. The Morgan fingerprint density at radius 1 is 1.18 bits per heavy atom. The fraction of sp³-hybridized carbons (Fsp3) is 0.400. The van der Waals surface area contributed by atoms with Gasteiger partial charge in [0.25, 0.3) is 11.2 Å². The van der Waals surface area contributed by atoms with E-state index in [9.17, 15) is 14.9 Å². The summed E-state index contributed by atoms with van der Waals surface area (Å²) < 4.78 is 7.29. The Hall–Kier alpha value is -2.74. The monoisotopic (exact) mass is 399 g/mol. The van der Waals surface area contributed by atoms with E-state index in [-0.39, 0.29) is 11.2 Å². The van der Waals surface area contributed by atoms with Crippen LogP contribution in [-0.4, -0.2) is 21.1 Å². The molecule has 2 aromatic heterocycles. The minimum atomic E-state index is -0.440. The maximum Gasteiger partial charge on any atom is 0.269 e. The predicted octanol–water partition coefficient (Wildman–Crippen LogP) is 4.10. The number of hydrogen-bond acceptors (Lipinski definition) is 6. The van der Waals surface area contributed by atoms with Crippen LogP contribution in [0.25, 0.3) is 10.2 Å². The van der Waals surface area contributed by atoms with Crippen molar-refractivity contribution < 1.29 is 9.66 Å². The van der Waals surface area contributed by atoms with E-state index in [1.165, 1.54) is 35.4 Å². The Balaban J connectivity index is 1.42. The lowest BCUT2D eigenvalue weighted by Crippen LogP contribution is -2.21. The van der Waals surface area contributed by atoms with E-state index in [0.29, 0.717) is 25.3 Å². The van der Waals surface area contributed by atoms with Gasteiger partial charge in [0.05, 0.1) is 23.2 Å². The molecule has 4 rings (SSSR count). The van der Waals surface area contributed by atoms with Crippen LogP contribution in [0.4, 0.5) is 5.69 Å². The zero-order chi connectivity index (χ0) is 19.5. The van der Waals surface area contributed by atoms with Gasteiger partial charge < -0.3 is 4.74 Å². The third kappa shape index (κ3) is 3.77. The summed E-state index contributed by atoms with van der Waals surface area (Å²) in [5.41, 5.74) is 1.29. The molecule has 0 atom stereocenters. The fourth-order valence-corrected chi connectivity index (χ4v) is 4.83. The Morgan fingerprint density at radius 3 is 2.75 bits per heavy atom. The number of hydrogen-bond donors (Lipinski definition) is 0. The van der Waals surface area contributed by atoms with Gasteiger partial charge in [0, 0.05) is 23.6 Å². The van der Waals surface area contributed by atoms with Gasteiger partial charge in [-0.3, -0.25) is 19.5 Å². The maximum atomic E-state index is 13.0. The zero-order valence-electron chi connectivity index (χ0n) is 15.4. The van der Waals surface area contributed by atoms with E-state index in [2.05, 4.69) is 4.98 Å². The average molecular weight is 399 g/mol. The van der Waals surface area contributed by atoms with E-state index in [1.54, 1.807) is 34.4 Å². The van der Waals surface area contributed by atoms with Gasteiger partial charge in [-0.15, -0.1) is 11.3 Å². The third-order valence-electron chi connectivity index (χ3n) is 5.05. The lowest BCUT2D eigenvalue weighted by atomic mass is 10.1. The van der Waals surface area contributed by atoms with Crippen molar-refractivity contribution in [3.05, 3.63) is 61.5 Å². The van der Waals surface area contributed by atoms with E-state index >= 15 is 0 Å². The van der Waals surface area contributed by atoms with Crippen LogP contribution in [0.5, 0.6) is 5.75 Å². The summed E-state index contributed by atoms with van der Waals surface area (Å²) in [6, 6.07) is 6.00. The number of aromatic nitrogens is 2. The lowest BCUT2D eigenvalue weighted by molar-refractivity contribution is -0.384. The number of benzene rings is 1. The summed E-state index contributed by atoms with van der Waals surface area (Å²) in [4.78, 5) is 29.9. The highest BCUT2D eigenvalue weighted by molar-refractivity contribution is 7.18. The van der Waals surface area contributed by atoms with Gasteiger partial charge in [-0.1, -0.05) is 6.42 Å². The summed E-state index contributed by atoms with van der Waals surface area (Å²) >= 11 is 1.67. The van der Waals surface area contributed by atoms with Gasteiger partial charge in [-0.05, 0) is 49.8 Å². The van der Waals surface area contributed by atoms with E-state index in [1.807, 2.05) is 0 Å². The molecular formula is C20H21N3O4S. The van der Waals surface area contributed by atoms with Gasteiger partial charge in [0.1, 0.15) is 10.6 Å². The molecule has 0 unspecified atom stereocenters. The van der Waals surface area contributed by atoms with Crippen LogP contribution >= 0.6 is 11.3 Å². The standard InChI is InChI=1S/C20H21N3O4S/c24-20-18-16-5-2-1-3-6-17(16)28-19(18)21-13-22(20)11-4-12-27-15-9-7-14(8-10-15)23(25)26/h7-10,13H,1-6,11-12H2. The molecule has 28 heavy (non-hydrogen) atoms. The van der Waals surface area contributed by atoms with Crippen molar-refractivity contribution >= 4 is 27.2 Å². The molecule has 0 aliphatic heterocycles. The van der Waals surface area contributed by atoms with Crippen LogP contribution in [0.2, 0.25) is 0 Å². The molecule has 0 spiro atoms. The van der Waals surface area contributed by atoms with Crippen molar-refractivity contribution in [3.63, 3.8) is 0 Å². The number of thiophene rings is 1. The van der Waals surface area contributed by atoms with E-state index in [4.69, 9.17) is 4.74 Å². The van der Waals surface area contributed by atoms with Crippen LogP contribution in [0.1, 0.15) is 36.1 Å². The topological polar surface area (TPSA) is 87.3 Å². The van der Waals surface area contributed by atoms with Crippen molar-refractivity contribution in [2.75, 3.05) is 6.61 Å². The molecule has 0 bridgehead atoms. The predicted molar refractivity (Wildman–Crippen MR) is 108 cm³/mol. The largest absolute Gasteiger partial charge is 0.494 e. The summed E-state index contributed by atoms with van der Waals surface area (Å²) in [5, 5.41) is 11.5. The van der Waals surface area contributed by atoms with Crippen LogP contribution in [0, 0.1) is 10.1 Å². The molecular weight excluding hydrogens is 378 g/mol. The van der Waals surface area contributed by atoms with Crippen LogP contribution in [0.15, 0.2) is 35.4 Å². The highest BCUT2D eigenvalue weighted by atomic mass is 32.1. The summed E-state index contributed by atoms with van der Waals surface area (Å²) in [5.74, 6) is 0.578. The molecule has 1 aliphatic carbocycles. The van der Waals surface area contributed by atoms with Gasteiger partial charge >= 0.3 is 0 Å². The Kier molecular flexibility index (Phi) is 5.38. The molecule has 7 nitrogen and oxygen atoms in total. The minimum Gasteiger partial charge on any atom is -0.494 e. The first-order valence-electron chi connectivity index (χ1n) is 9.50. The Labute approximate surface area is 165 Å². The zero-order valence-corrected chi connectivity index (χ0v) is 16.2. The molecule has 0 N–H and O–H groups in total. The average Bonchev–Trinajstić information content (AvgIpc) is 2.89. The molecule has 1 aromatic carbocycles. The van der Waals surface area contributed by atoms with E-state index < -0.39 is 4.92 Å². The smallest absolute Gasteiger partial charge is 0.269 e. The second-order valence-corrected chi connectivity index (χ2v) is 8.02. The molecule has 0 fully saturated rings. The number of aryl methyl sites for hydroxylation is 3. The first-order valence-corrected chi connectivity index (χ1v) is 10.3. The summed E-state index contributed by atoms with van der Waals surface area (Å²) in [7, 11) is 0. The van der Waals surface area contributed by atoms with E-state index in [0.717, 1.165) is 29.5 Å². The molecule has 0 radical (unpaired) electrons. The normalized spacial score (nSPS) is 13.9. The second kappa shape index (κ2) is 8.10. The number of rotatable bonds is 6. The van der Waals surface area contributed by atoms with Crippen LogP contribution < -0.4 is 10.3 Å². The number of non-ortho nitro benzene ring substituents is 1. The van der Waals surface area contributed by atoms with Gasteiger partial charge in [-0.2, -0.15) is 0 Å². The molecule has 1 aliphatic rings. The molecule has 8 heteroatoms. The first-order chi connectivity index (χ1) is 13.6. The maximum absolute atomic E-state index is 13.0. The van der Waals surface area contributed by atoms with Gasteiger partial charge in [-0.25, -0.2) is 4.98 Å². The molecule has 0 saturated carbocycles. The Morgan fingerprint density at radius 2 is 1.96 bits per heavy atom. The summed E-state index contributed by atoms with van der Waals surface area (Å²) in [6.45, 7) is 0.948. The number of ether oxygens (including phenoxy) is 1. The van der Waals surface area contributed by atoms with Crippen molar-refractivity contribution in [1.82, 2.24) is 9.55 Å². The quantitative estimate of drug-likeness (QED) is 0.269. The first kappa shape index (κ1) is 18.6. The number of nitro groups is 1. The van der Waals surface area contributed by atoms with Gasteiger partial charge in [0.15, 0.2) is 0 Å². The minimum absolute atomic E-state index is 0.0353. The molecule has 2 heterocycles.